The molecule has 1 saturated heterocycles. The maximum absolute atomic E-state index is 13.4. The van der Waals surface area contributed by atoms with E-state index in [9.17, 15) is 9.59 Å². The lowest BCUT2D eigenvalue weighted by molar-refractivity contribution is 0.209. The van der Waals surface area contributed by atoms with Crippen LogP contribution in [0.25, 0.3) is 31.7 Å². The maximum atomic E-state index is 13.4. The van der Waals surface area contributed by atoms with E-state index in [-0.39, 0.29) is 11.2 Å². The number of likely N-dealkylation sites (tertiary alicyclic amines) is 1. The Morgan fingerprint density at radius 3 is 2.73 bits per heavy atom. The Bertz CT molecular complexity index is 1810. The molecule has 0 saturated carbocycles. The molecule has 0 unspecified atom stereocenters. The van der Waals surface area contributed by atoms with Crippen LogP contribution < -0.4 is 20.7 Å². The third-order valence-electron chi connectivity index (χ3n) is 8.21. The van der Waals surface area contributed by atoms with Gasteiger partial charge in [0.1, 0.15) is 21.7 Å². The smallest absolute Gasteiger partial charge is 0.328 e. The van der Waals surface area contributed by atoms with Gasteiger partial charge in [0.15, 0.2) is 0 Å². The zero-order valence-corrected chi connectivity index (χ0v) is 23.1. The number of rotatable bonds is 7. The molecule has 5 aromatic rings. The van der Waals surface area contributed by atoms with E-state index in [1.807, 2.05) is 60.7 Å². The third kappa shape index (κ3) is 4.30. The molecule has 1 fully saturated rings. The number of nitrogens with zero attached hydrogens (tertiary/aromatic N) is 3. The van der Waals surface area contributed by atoms with E-state index in [0.717, 1.165) is 66.5 Å². The number of unbranched alkanes of at least 4 members (excludes halogenated alkanes) is 1. The van der Waals surface area contributed by atoms with Gasteiger partial charge in [-0.05, 0) is 43.7 Å². The number of ether oxygens (including phenoxy) is 2. The average Bonchev–Trinajstić information content (AvgIpc) is 3.58. The molecular weight excluding hydrogens is 524 g/mol. The number of aromatic nitrogens is 3. The van der Waals surface area contributed by atoms with Crippen LogP contribution in [0.3, 0.4) is 0 Å². The second kappa shape index (κ2) is 10.2. The molecule has 3 aromatic heterocycles. The van der Waals surface area contributed by atoms with Crippen LogP contribution in [-0.2, 0) is 6.54 Å². The topological polar surface area (TPSA) is 89.5 Å². The van der Waals surface area contributed by atoms with Crippen molar-refractivity contribution in [3.05, 3.63) is 87.1 Å². The number of hydrogen-bond donors (Lipinski definition) is 1. The Morgan fingerprint density at radius 1 is 1.02 bits per heavy atom. The first-order valence-corrected chi connectivity index (χ1v) is 14.6. The van der Waals surface area contributed by atoms with E-state index in [2.05, 4.69) is 9.88 Å². The molecule has 2 aromatic carbocycles. The Balaban J connectivity index is 1.05. The maximum Gasteiger partial charge on any atom is 0.328 e. The molecule has 0 aliphatic carbocycles. The van der Waals surface area contributed by atoms with Crippen molar-refractivity contribution in [2.45, 2.75) is 25.3 Å². The van der Waals surface area contributed by atoms with Gasteiger partial charge < -0.3 is 19.4 Å². The minimum absolute atomic E-state index is 0.240. The summed E-state index contributed by atoms with van der Waals surface area (Å²) in [5.74, 6) is 2.68. The molecule has 5 heterocycles. The van der Waals surface area contributed by atoms with Crippen molar-refractivity contribution in [3.63, 3.8) is 0 Å². The fraction of sp³-hybridized carbons (Fsp3) is 0.323. The summed E-state index contributed by atoms with van der Waals surface area (Å²) >= 11 is 1.39. The molecule has 7 rings (SSSR count). The number of methoxy groups -OCH3 is 1. The van der Waals surface area contributed by atoms with Gasteiger partial charge in [0.2, 0.25) is 0 Å². The third-order valence-corrected chi connectivity index (χ3v) is 9.34. The van der Waals surface area contributed by atoms with E-state index in [1.54, 1.807) is 7.11 Å². The first-order valence-electron chi connectivity index (χ1n) is 13.7. The number of benzene rings is 2. The lowest BCUT2D eigenvalue weighted by Gasteiger charge is -2.29. The summed E-state index contributed by atoms with van der Waals surface area (Å²) in [5.41, 5.74) is 3.57. The van der Waals surface area contributed by atoms with Crippen molar-refractivity contribution in [3.8, 4) is 22.8 Å². The SMILES string of the molecule is COc1cccc2c1[C@H]1CN(CCCCn3c(=O)[nH]c4c(sc5ccc(-c6ccccc6)nc54)c3=O)C[C@@H]1CO2. The predicted molar refractivity (Wildman–Crippen MR) is 158 cm³/mol. The molecule has 8 nitrogen and oxygen atoms in total. The second-order valence-corrected chi connectivity index (χ2v) is 11.7. The Hall–Kier alpha value is -3.95. The van der Waals surface area contributed by atoms with Crippen molar-refractivity contribution >= 4 is 31.8 Å². The van der Waals surface area contributed by atoms with E-state index in [0.29, 0.717) is 34.1 Å². The molecule has 2 atom stereocenters. The molecule has 204 valence electrons. The number of aromatic amines is 1. The zero-order chi connectivity index (χ0) is 27.2. The lowest BCUT2D eigenvalue weighted by Crippen LogP contribution is -2.34. The first kappa shape index (κ1) is 25.0. The number of fused-ring (bicyclic) bond motifs is 6. The largest absolute Gasteiger partial charge is 0.496 e. The lowest BCUT2D eigenvalue weighted by atomic mass is 9.86. The molecule has 2 aliphatic rings. The quantitative estimate of drug-likeness (QED) is 0.289. The molecule has 0 spiro atoms. The summed E-state index contributed by atoms with van der Waals surface area (Å²) < 4.78 is 14.4. The van der Waals surface area contributed by atoms with Crippen molar-refractivity contribution < 1.29 is 9.47 Å². The van der Waals surface area contributed by atoms with Crippen molar-refractivity contribution in [1.82, 2.24) is 19.4 Å². The molecule has 1 N–H and O–H groups in total. The summed E-state index contributed by atoms with van der Waals surface area (Å²) in [5, 5.41) is 0. The summed E-state index contributed by atoms with van der Waals surface area (Å²) in [6.45, 7) is 3.98. The highest BCUT2D eigenvalue weighted by Gasteiger charge is 2.40. The Kier molecular flexibility index (Phi) is 6.40. The fourth-order valence-electron chi connectivity index (χ4n) is 6.24. The van der Waals surface area contributed by atoms with Crippen LogP contribution >= 0.6 is 11.3 Å². The zero-order valence-electron chi connectivity index (χ0n) is 22.3. The molecular formula is C31H30N4O4S. The van der Waals surface area contributed by atoms with Gasteiger partial charge in [-0.25, -0.2) is 9.78 Å². The molecule has 0 radical (unpaired) electrons. The Labute approximate surface area is 234 Å². The molecule has 2 aliphatic heterocycles. The molecule has 0 bridgehead atoms. The molecule has 40 heavy (non-hydrogen) atoms. The highest BCUT2D eigenvalue weighted by Crippen LogP contribution is 2.46. The summed E-state index contributed by atoms with van der Waals surface area (Å²) in [4.78, 5) is 36.6. The van der Waals surface area contributed by atoms with Gasteiger partial charge in [-0.3, -0.25) is 9.36 Å². The minimum atomic E-state index is -0.378. The van der Waals surface area contributed by atoms with Crippen molar-refractivity contribution in [2.75, 3.05) is 33.4 Å². The first-order chi connectivity index (χ1) is 19.6. The number of pyridine rings is 1. The fourth-order valence-corrected chi connectivity index (χ4v) is 7.29. The van der Waals surface area contributed by atoms with Crippen molar-refractivity contribution in [1.29, 1.82) is 0 Å². The van der Waals surface area contributed by atoms with Crippen LogP contribution in [0, 0.1) is 5.92 Å². The normalized spacial score (nSPS) is 18.5. The minimum Gasteiger partial charge on any atom is -0.496 e. The van der Waals surface area contributed by atoms with Gasteiger partial charge >= 0.3 is 5.69 Å². The molecule has 0 amide bonds. The van der Waals surface area contributed by atoms with Crippen LogP contribution in [-0.4, -0.2) is 52.8 Å². The number of hydrogen-bond acceptors (Lipinski definition) is 7. The van der Waals surface area contributed by atoms with Gasteiger partial charge in [0.05, 0.1) is 29.6 Å². The van der Waals surface area contributed by atoms with Gasteiger partial charge in [-0.1, -0.05) is 36.4 Å². The average molecular weight is 555 g/mol. The van der Waals surface area contributed by atoms with Gasteiger partial charge in [-0.15, -0.1) is 11.3 Å². The predicted octanol–water partition coefficient (Wildman–Crippen LogP) is 4.86. The second-order valence-electron chi connectivity index (χ2n) is 10.6. The van der Waals surface area contributed by atoms with E-state index < -0.39 is 0 Å². The standard InChI is InChI=1S/C31H30N4O4S/c1-38-23-10-7-11-24-26(23)21-17-34(16-20(21)18-39-24)14-5-6-15-35-30(36)29-28(33-31(35)37)27-25(40-29)13-12-22(32-27)19-8-3-2-4-9-19/h2-4,7-13,20-21H,5-6,14-18H2,1H3,(H,33,37)/t20-,21+/m1/s1. The highest BCUT2D eigenvalue weighted by atomic mass is 32.1. The van der Waals surface area contributed by atoms with E-state index in [4.69, 9.17) is 14.5 Å². The summed E-state index contributed by atoms with van der Waals surface area (Å²) in [7, 11) is 1.71. The van der Waals surface area contributed by atoms with Crippen LogP contribution in [0.15, 0.2) is 70.3 Å². The van der Waals surface area contributed by atoms with Crippen molar-refractivity contribution in [2.24, 2.45) is 5.92 Å². The van der Waals surface area contributed by atoms with Crippen LogP contribution in [0.1, 0.15) is 24.3 Å². The number of nitrogens with one attached hydrogen (secondary N) is 1. The van der Waals surface area contributed by atoms with Crippen LogP contribution in [0.4, 0.5) is 0 Å². The Morgan fingerprint density at radius 2 is 1.88 bits per heavy atom. The summed E-state index contributed by atoms with van der Waals surface area (Å²) in [6, 6.07) is 19.8. The van der Waals surface area contributed by atoms with E-state index in [1.165, 1.54) is 21.5 Å². The molecule has 9 heteroatoms. The van der Waals surface area contributed by atoms with Gasteiger partial charge in [0, 0.05) is 42.6 Å². The van der Waals surface area contributed by atoms with Gasteiger partial charge in [0.25, 0.3) is 5.56 Å². The number of thiophene rings is 1. The van der Waals surface area contributed by atoms with Crippen LogP contribution in [0.5, 0.6) is 11.5 Å². The monoisotopic (exact) mass is 554 g/mol. The number of H-pyrrole nitrogens is 1. The summed E-state index contributed by atoms with van der Waals surface area (Å²) in [6.07, 6.45) is 1.65. The van der Waals surface area contributed by atoms with Gasteiger partial charge in [-0.2, -0.15) is 0 Å². The van der Waals surface area contributed by atoms with E-state index >= 15 is 0 Å². The van der Waals surface area contributed by atoms with Crippen LogP contribution in [0.2, 0.25) is 0 Å². The highest BCUT2D eigenvalue weighted by molar-refractivity contribution is 7.25.